The molecule has 0 N–H and O–H groups in total. The van der Waals surface area contributed by atoms with Crippen LogP contribution in [0.1, 0.15) is 34.2 Å². The van der Waals surface area contributed by atoms with Gasteiger partial charge in [-0.3, -0.25) is 4.79 Å². The SMILES string of the molecule is CS(=O)(=O)c1ccc(C(=O)N2CCCC2c2nc3ccccc3s2)cc1. The Morgan fingerprint density at radius 2 is 1.88 bits per heavy atom. The average molecular weight is 386 g/mol. The van der Waals surface area contributed by atoms with Gasteiger partial charge in [0, 0.05) is 18.4 Å². The highest BCUT2D eigenvalue weighted by Gasteiger charge is 2.32. The monoisotopic (exact) mass is 386 g/mol. The van der Waals surface area contributed by atoms with E-state index in [9.17, 15) is 13.2 Å². The van der Waals surface area contributed by atoms with Crippen molar-refractivity contribution in [3.8, 4) is 0 Å². The fourth-order valence-corrected chi connectivity index (χ4v) is 5.06. The Hall–Kier alpha value is -2.25. The lowest BCUT2D eigenvalue weighted by Gasteiger charge is -2.23. The number of likely N-dealkylation sites (tertiary alicyclic amines) is 1. The van der Waals surface area contributed by atoms with Crippen molar-refractivity contribution >= 4 is 37.3 Å². The van der Waals surface area contributed by atoms with Crippen LogP contribution in [0.4, 0.5) is 0 Å². The predicted molar refractivity (Wildman–Crippen MR) is 102 cm³/mol. The lowest BCUT2D eigenvalue weighted by Crippen LogP contribution is -2.30. The Labute approximate surface area is 156 Å². The Kier molecular flexibility index (Phi) is 4.28. The number of para-hydroxylation sites is 1. The van der Waals surface area contributed by atoms with Gasteiger partial charge in [0.1, 0.15) is 5.01 Å². The van der Waals surface area contributed by atoms with E-state index in [0.717, 1.165) is 34.3 Å². The zero-order chi connectivity index (χ0) is 18.3. The summed E-state index contributed by atoms with van der Waals surface area (Å²) in [6, 6.07) is 14.1. The molecule has 5 nitrogen and oxygen atoms in total. The number of benzene rings is 2. The molecule has 1 unspecified atom stereocenters. The van der Waals surface area contributed by atoms with Crippen LogP contribution in [0, 0.1) is 0 Å². The van der Waals surface area contributed by atoms with Crippen molar-refractivity contribution in [2.45, 2.75) is 23.8 Å². The zero-order valence-electron chi connectivity index (χ0n) is 14.3. The molecule has 2 aromatic carbocycles. The van der Waals surface area contributed by atoms with E-state index in [1.165, 1.54) is 12.1 Å². The highest BCUT2D eigenvalue weighted by atomic mass is 32.2. The van der Waals surface area contributed by atoms with Crippen molar-refractivity contribution in [1.82, 2.24) is 9.88 Å². The molecule has 0 saturated carbocycles. The standard InChI is InChI=1S/C19H18N2O3S2/c1-26(23,24)14-10-8-13(9-11-14)19(22)21-12-4-6-16(21)18-20-15-5-2-3-7-17(15)25-18/h2-3,5,7-11,16H,4,6,12H2,1H3. The molecule has 4 rings (SSSR count). The first-order chi connectivity index (χ1) is 12.4. The topological polar surface area (TPSA) is 67.3 Å². The summed E-state index contributed by atoms with van der Waals surface area (Å²) >= 11 is 1.63. The minimum absolute atomic E-state index is 0.0190. The molecule has 1 aromatic heterocycles. The Bertz CT molecular complexity index is 1040. The van der Waals surface area contributed by atoms with Crippen molar-refractivity contribution in [3.05, 3.63) is 59.1 Å². The van der Waals surface area contributed by atoms with Gasteiger partial charge in [-0.2, -0.15) is 0 Å². The van der Waals surface area contributed by atoms with Gasteiger partial charge in [-0.1, -0.05) is 12.1 Å². The molecule has 0 spiro atoms. The Morgan fingerprint density at radius 1 is 1.15 bits per heavy atom. The lowest BCUT2D eigenvalue weighted by molar-refractivity contribution is 0.0735. The van der Waals surface area contributed by atoms with E-state index in [-0.39, 0.29) is 16.8 Å². The van der Waals surface area contributed by atoms with Gasteiger partial charge < -0.3 is 4.90 Å². The number of rotatable bonds is 3. The van der Waals surface area contributed by atoms with Crippen LogP contribution < -0.4 is 0 Å². The number of carbonyl (C=O) groups excluding carboxylic acids is 1. The van der Waals surface area contributed by atoms with E-state index in [1.54, 1.807) is 23.5 Å². The van der Waals surface area contributed by atoms with Crippen molar-refractivity contribution in [2.24, 2.45) is 0 Å². The molecule has 0 aliphatic carbocycles. The van der Waals surface area contributed by atoms with Crippen LogP contribution >= 0.6 is 11.3 Å². The number of fused-ring (bicyclic) bond motifs is 1. The predicted octanol–water partition coefficient (Wildman–Crippen LogP) is 3.68. The van der Waals surface area contributed by atoms with E-state index in [0.29, 0.717) is 12.1 Å². The molecule has 3 aromatic rings. The maximum absolute atomic E-state index is 13.0. The average Bonchev–Trinajstić information content (AvgIpc) is 3.26. The molecule has 26 heavy (non-hydrogen) atoms. The van der Waals surface area contributed by atoms with Crippen LogP contribution in [0.3, 0.4) is 0 Å². The van der Waals surface area contributed by atoms with Gasteiger partial charge in [-0.25, -0.2) is 13.4 Å². The van der Waals surface area contributed by atoms with E-state index in [1.807, 2.05) is 29.2 Å². The highest BCUT2D eigenvalue weighted by Crippen LogP contribution is 2.37. The number of aromatic nitrogens is 1. The summed E-state index contributed by atoms with van der Waals surface area (Å²) in [5.74, 6) is -0.0770. The third-order valence-corrected chi connectivity index (χ3v) is 6.90. The first-order valence-corrected chi connectivity index (χ1v) is 11.1. The molecule has 0 radical (unpaired) electrons. The minimum atomic E-state index is -3.27. The van der Waals surface area contributed by atoms with Crippen molar-refractivity contribution in [1.29, 1.82) is 0 Å². The van der Waals surface area contributed by atoms with E-state index in [4.69, 9.17) is 4.98 Å². The van der Waals surface area contributed by atoms with E-state index < -0.39 is 9.84 Å². The molecule has 134 valence electrons. The molecular formula is C19H18N2O3S2. The maximum atomic E-state index is 13.0. The van der Waals surface area contributed by atoms with Crippen molar-refractivity contribution < 1.29 is 13.2 Å². The van der Waals surface area contributed by atoms with Gasteiger partial charge >= 0.3 is 0 Å². The number of carbonyl (C=O) groups is 1. The quantitative estimate of drug-likeness (QED) is 0.689. The van der Waals surface area contributed by atoms with Crippen molar-refractivity contribution in [3.63, 3.8) is 0 Å². The van der Waals surface area contributed by atoms with Gasteiger partial charge in [-0.05, 0) is 49.2 Å². The fourth-order valence-electron chi connectivity index (χ4n) is 3.31. The molecule has 0 bridgehead atoms. The van der Waals surface area contributed by atoms with Crippen molar-refractivity contribution in [2.75, 3.05) is 12.8 Å². The van der Waals surface area contributed by atoms with Crippen LogP contribution in [0.2, 0.25) is 0 Å². The smallest absolute Gasteiger partial charge is 0.254 e. The second-order valence-corrected chi connectivity index (χ2v) is 9.55. The molecule has 7 heteroatoms. The van der Waals surface area contributed by atoms with Gasteiger partial charge in [0.25, 0.3) is 5.91 Å². The van der Waals surface area contributed by atoms with Gasteiger partial charge in [-0.15, -0.1) is 11.3 Å². The van der Waals surface area contributed by atoms with Crippen LogP contribution in [0.15, 0.2) is 53.4 Å². The van der Waals surface area contributed by atoms with Crippen LogP contribution in [0.25, 0.3) is 10.2 Å². The zero-order valence-corrected chi connectivity index (χ0v) is 15.9. The first kappa shape index (κ1) is 17.2. The van der Waals surface area contributed by atoms with Gasteiger partial charge in [0.2, 0.25) is 0 Å². The normalized spacial score (nSPS) is 17.7. The maximum Gasteiger partial charge on any atom is 0.254 e. The molecule has 1 atom stereocenters. The minimum Gasteiger partial charge on any atom is -0.329 e. The Morgan fingerprint density at radius 3 is 2.58 bits per heavy atom. The van der Waals surface area contributed by atoms with Gasteiger partial charge in [0.15, 0.2) is 9.84 Å². The molecule has 1 aliphatic rings. The van der Waals surface area contributed by atoms with Gasteiger partial charge in [0.05, 0.1) is 21.2 Å². The number of sulfone groups is 1. The molecular weight excluding hydrogens is 368 g/mol. The van der Waals surface area contributed by atoms with Crippen LogP contribution in [0.5, 0.6) is 0 Å². The third-order valence-electron chi connectivity index (χ3n) is 4.64. The summed E-state index contributed by atoms with van der Waals surface area (Å²) < 4.78 is 24.3. The lowest BCUT2D eigenvalue weighted by atomic mass is 10.1. The summed E-state index contributed by atoms with van der Waals surface area (Å²) in [7, 11) is -3.27. The second-order valence-electron chi connectivity index (χ2n) is 6.47. The summed E-state index contributed by atoms with van der Waals surface area (Å²) in [6.07, 6.45) is 2.99. The molecule has 2 heterocycles. The molecule has 1 fully saturated rings. The Balaban J connectivity index is 1.62. The fraction of sp³-hybridized carbons (Fsp3) is 0.263. The number of hydrogen-bond donors (Lipinski definition) is 0. The third kappa shape index (κ3) is 3.12. The second kappa shape index (κ2) is 6.48. The highest BCUT2D eigenvalue weighted by molar-refractivity contribution is 7.90. The summed E-state index contributed by atoms with van der Waals surface area (Å²) in [6.45, 7) is 0.688. The van der Waals surface area contributed by atoms with Crippen LogP contribution in [-0.2, 0) is 9.84 Å². The number of amides is 1. The largest absolute Gasteiger partial charge is 0.329 e. The number of thiazole rings is 1. The number of nitrogens with zero attached hydrogens (tertiary/aromatic N) is 2. The summed E-state index contributed by atoms with van der Waals surface area (Å²) in [4.78, 5) is 19.7. The molecule has 1 amide bonds. The molecule has 1 aliphatic heterocycles. The molecule has 1 saturated heterocycles. The van der Waals surface area contributed by atoms with E-state index >= 15 is 0 Å². The summed E-state index contributed by atoms with van der Waals surface area (Å²) in [5, 5.41) is 0.963. The van der Waals surface area contributed by atoms with Crippen LogP contribution in [-0.4, -0.2) is 37.0 Å². The van der Waals surface area contributed by atoms with E-state index in [2.05, 4.69) is 0 Å². The number of hydrogen-bond acceptors (Lipinski definition) is 5. The summed E-state index contributed by atoms with van der Waals surface area (Å²) in [5.41, 5.74) is 1.47. The first-order valence-electron chi connectivity index (χ1n) is 8.40.